The van der Waals surface area contributed by atoms with Crippen molar-refractivity contribution in [2.75, 3.05) is 24.7 Å². The summed E-state index contributed by atoms with van der Waals surface area (Å²) < 4.78 is 6.97. The smallest absolute Gasteiger partial charge is 0.268 e. The summed E-state index contributed by atoms with van der Waals surface area (Å²) in [7, 11) is 0. The highest BCUT2D eigenvalue weighted by molar-refractivity contribution is 5.47. The highest BCUT2D eigenvalue weighted by Gasteiger charge is 2.18. The average Bonchev–Trinajstić information content (AvgIpc) is 3.14. The minimum Gasteiger partial charge on any atom is -0.381 e. The van der Waals surface area contributed by atoms with E-state index in [4.69, 9.17) is 4.74 Å². The number of rotatable bonds is 4. The standard InChI is InChI=1S/C19H23N3O2/c23-19-11-18(12-20-22(19)9-5-15-7-10-24-14-15)21-8-6-16-3-1-2-4-17(16)13-21/h1-4,11-12,15H,5-10,13-14H2. The van der Waals surface area contributed by atoms with Gasteiger partial charge < -0.3 is 9.64 Å². The van der Waals surface area contributed by atoms with E-state index in [1.165, 1.54) is 11.1 Å². The van der Waals surface area contributed by atoms with E-state index in [0.29, 0.717) is 12.5 Å². The maximum absolute atomic E-state index is 12.4. The molecule has 0 aliphatic carbocycles. The van der Waals surface area contributed by atoms with E-state index in [1.54, 1.807) is 10.7 Å². The van der Waals surface area contributed by atoms with E-state index >= 15 is 0 Å². The Morgan fingerprint density at radius 2 is 2.12 bits per heavy atom. The van der Waals surface area contributed by atoms with E-state index in [-0.39, 0.29) is 5.56 Å². The maximum Gasteiger partial charge on any atom is 0.268 e. The van der Waals surface area contributed by atoms with Crippen molar-refractivity contribution in [1.82, 2.24) is 9.78 Å². The van der Waals surface area contributed by atoms with Crippen LogP contribution in [0.4, 0.5) is 5.69 Å². The number of aryl methyl sites for hydroxylation is 1. The average molecular weight is 325 g/mol. The van der Waals surface area contributed by atoms with Gasteiger partial charge >= 0.3 is 0 Å². The van der Waals surface area contributed by atoms with Gasteiger partial charge in [0.2, 0.25) is 0 Å². The number of nitrogens with zero attached hydrogens (tertiary/aromatic N) is 3. The number of anilines is 1. The molecule has 1 saturated heterocycles. The first-order chi connectivity index (χ1) is 11.8. The molecule has 2 aliphatic heterocycles. The summed E-state index contributed by atoms with van der Waals surface area (Å²) in [5.74, 6) is 0.567. The molecule has 0 amide bonds. The molecule has 0 radical (unpaired) electrons. The topological polar surface area (TPSA) is 47.4 Å². The molecule has 0 spiro atoms. The maximum atomic E-state index is 12.4. The van der Waals surface area contributed by atoms with Gasteiger partial charge in [0.1, 0.15) is 0 Å². The first-order valence-corrected chi connectivity index (χ1v) is 8.76. The van der Waals surface area contributed by atoms with Crippen LogP contribution in [0, 0.1) is 5.92 Å². The summed E-state index contributed by atoms with van der Waals surface area (Å²) in [6.45, 7) is 4.13. The molecule has 0 bridgehead atoms. The molecule has 1 unspecified atom stereocenters. The molecule has 2 aliphatic rings. The fourth-order valence-corrected chi connectivity index (χ4v) is 3.60. The van der Waals surface area contributed by atoms with Crippen molar-refractivity contribution in [2.45, 2.75) is 32.4 Å². The lowest BCUT2D eigenvalue weighted by Crippen LogP contribution is -2.32. The Morgan fingerprint density at radius 1 is 1.25 bits per heavy atom. The fraction of sp³-hybridized carbons (Fsp3) is 0.474. The summed E-state index contributed by atoms with van der Waals surface area (Å²) in [6, 6.07) is 10.2. The van der Waals surface area contributed by atoms with Crippen LogP contribution in [0.5, 0.6) is 0 Å². The van der Waals surface area contributed by atoms with E-state index in [1.807, 2.05) is 6.20 Å². The van der Waals surface area contributed by atoms with Gasteiger partial charge in [0.25, 0.3) is 5.56 Å². The molecule has 5 heteroatoms. The lowest BCUT2D eigenvalue weighted by molar-refractivity contribution is 0.183. The molecule has 4 rings (SSSR count). The molecule has 126 valence electrons. The fourth-order valence-electron chi connectivity index (χ4n) is 3.60. The quantitative estimate of drug-likeness (QED) is 0.865. The molecular formula is C19H23N3O2. The van der Waals surface area contributed by atoms with E-state index in [0.717, 1.165) is 51.3 Å². The number of benzene rings is 1. The van der Waals surface area contributed by atoms with Gasteiger partial charge in [-0.1, -0.05) is 24.3 Å². The minimum atomic E-state index is -0.00901. The van der Waals surface area contributed by atoms with Gasteiger partial charge in [-0.3, -0.25) is 4.79 Å². The number of hydrogen-bond donors (Lipinski definition) is 0. The van der Waals surface area contributed by atoms with Gasteiger partial charge in [0.15, 0.2) is 0 Å². The largest absolute Gasteiger partial charge is 0.381 e. The van der Waals surface area contributed by atoms with Crippen LogP contribution >= 0.6 is 0 Å². The second-order valence-electron chi connectivity index (χ2n) is 6.73. The van der Waals surface area contributed by atoms with Crippen molar-refractivity contribution in [3.05, 3.63) is 58.0 Å². The molecule has 5 nitrogen and oxygen atoms in total. The second-order valence-corrected chi connectivity index (χ2v) is 6.73. The Balaban J connectivity index is 1.45. The highest BCUT2D eigenvalue weighted by Crippen LogP contribution is 2.23. The van der Waals surface area contributed by atoms with Crippen LogP contribution in [0.2, 0.25) is 0 Å². The lowest BCUT2D eigenvalue weighted by atomic mass is 10.00. The molecule has 24 heavy (non-hydrogen) atoms. The van der Waals surface area contributed by atoms with Crippen molar-refractivity contribution < 1.29 is 4.74 Å². The van der Waals surface area contributed by atoms with Gasteiger partial charge in [-0.05, 0) is 36.3 Å². The Bertz CT molecular complexity index is 765. The van der Waals surface area contributed by atoms with E-state index in [2.05, 4.69) is 34.3 Å². The van der Waals surface area contributed by atoms with Gasteiger partial charge in [0.05, 0.1) is 11.9 Å². The Kier molecular flexibility index (Phi) is 4.34. The monoisotopic (exact) mass is 325 g/mol. The Labute approximate surface area is 141 Å². The van der Waals surface area contributed by atoms with Gasteiger partial charge in [-0.25, -0.2) is 4.68 Å². The summed E-state index contributed by atoms with van der Waals surface area (Å²) in [5, 5.41) is 4.39. The van der Waals surface area contributed by atoms with Gasteiger partial charge in [-0.2, -0.15) is 5.10 Å². The zero-order valence-electron chi connectivity index (χ0n) is 13.9. The van der Waals surface area contributed by atoms with Crippen molar-refractivity contribution in [3.63, 3.8) is 0 Å². The molecule has 1 fully saturated rings. The number of ether oxygens (including phenoxy) is 1. The normalized spacial score (nSPS) is 20.2. The summed E-state index contributed by atoms with van der Waals surface area (Å²) >= 11 is 0. The van der Waals surface area contributed by atoms with Crippen LogP contribution in [-0.2, 0) is 24.2 Å². The van der Waals surface area contributed by atoms with Crippen LogP contribution in [-0.4, -0.2) is 29.5 Å². The number of aromatic nitrogens is 2. The third-order valence-electron chi connectivity index (χ3n) is 5.12. The first-order valence-electron chi connectivity index (χ1n) is 8.76. The Hall–Kier alpha value is -2.14. The van der Waals surface area contributed by atoms with Crippen LogP contribution < -0.4 is 10.5 Å². The van der Waals surface area contributed by atoms with Crippen molar-refractivity contribution >= 4 is 5.69 Å². The summed E-state index contributed by atoms with van der Waals surface area (Å²) in [5.41, 5.74) is 3.67. The van der Waals surface area contributed by atoms with Crippen molar-refractivity contribution in [3.8, 4) is 0 Å². The summed E-state index contributed by atoms with van der Waals surface area (Å²) in [4.78, 5) is 14.6. The molecule has 1 aromatic heterocycles. The number of fused-ring (bicyclic) bond motifs is 1. The predicted octanol–water partition coefficient (Wildman–Crippen LogP) is 2.23. The van der Waals surface area contributed by atoms with Gasteiger partial charge in [-0.15, -0.1) is 0 Å². The highest BCUT2D eigenvalue weighted by atomic mass is 16.5. The molecule has 3 heterocycles. The Morgan fingerprint density at radius 3 is 2.92 bits per heavy atom. The van der Waals surface area contributed by atoms with Gasteiger partial charge in [0, 0.05) is 38.9 Å². The molecule has 0 N–H and O–H groups in total. The molecule has 1 aromatic carbocycles. The first kappa shape index (κ1) is 15.4. The van der Waals surface area contributed by atoms with Crippen LogP contribution in [0.15, 0.2) is 41.3 Å². The molecule has 1 atom stereocenters. The minimum absolute atomic E-state index is 0.00901. The summed E-state index contributed by atoms with van der Waals surface area (Å²) in [6.07, 6.45) is 4.91. The van der Waals surface area contributed by atoms with Crippen molar-refractivity contribution in [2.24, 2.45) is 5.92 Å². The zero-order valence-corrected chi connectivity index (χ0v) is 13.9. The second kappa shape index (κ2) is 6.77. The zero-order chi connectivity index (χ0) is 16.4. The molecular weight excluding hydrogens is 302 g/mol. The van der Waals surface area contributed by atoms with Crippen LogP contribution in [0.25, 0.3) is 0 Å². The molecule has 0 saturated carbocycles. The third kappa shape index (κ3) is 3.22. The SMILES string of the molecule is O=c1cc(N2CCc3ccccc3C2)cnn1CCC1CCOC1. The lowest BCUT2D eigenvalue weighted by Gasteiger charge is -2.30. The van der Waals surface area contributed by atoms with Crippen LogP contribution in [0.1, 0.15) is 24.0 Å². The van der Waals surface area contributed by atoms with Crippen molar-refractivity contribution in [1.29, 1.82) is 0 Å². The third-order valence-corrected chi connectivity index (χ3v) is 5.12. The van der Waals surface area contributed by atoms with Crippen LogP contribution in [0.3, 0.4) is 0 Å². The number of hydrogen-bond acceptors (Lipinski definition) is 4. The predicted molar refractivity (Wildman–Crippen MR) is 93.2 cm³/mol. The van der Waals surface area contributed by atoms with E-state index < -0.39 is 0 Å². The molecule has 2 aromatic rings. The van der Waals surface area contributed by atoms with E-state index in [9.17, 15) is 4.79 Å².